The van der Waals surface area contributed by atoms with Gasteiger partial charge in [0, 0.05) is 6.42 Å². The molecule has 0 aromatic rings. The molecule has 0 spiro atoms. The Morgan fingerprint density at radius 3 is 2.52 bits per heavy atom. The van der Waals surface area contributed by atoms with E-state index in [-0.39, 0.29) is 19.2 Å². The number of hydrogen-bond donors (Lipinski definition) is 3. The van der Waals surface area contributed by atoms with Crippen LogP contribution in [0.15, 0.2) is 12.2 Å². The summed E-state index contributed by atoms with van der Waals surface area (Å²) in [6, 6.07) is 0. The zero-order valence-corrected chi connectivity index (χ0v) is 15.3. The third kappa shape index (κ3) is 9.35. The Bertz CT molecular complexity index is 384. The van der Waals surface area contributed by atoms with Crippen molar-refractivity contribution in [3.8, 4) is 0 Å². The number of aliphatic hydroxyl groups excluding tert-OH is 3. The molecule has 6 heteroatoms. The lowest BCUT2D eigenvalue weighted by molar-refractivity contribution is -0.151. The van der Waals surface area contributed by atoms with Gasteiger partial charge in [0.05, 0.1) is 6.61 Å². The highest BCUT2D eigenvalue weighted by molar-refractivity contribution is 5.69. The molecule has 0 aliphatic carbocycles. The molecule has 1 fully saturated rings. The molecule has 1 saturated heterocycles. The van der Waals surface area contributed by atoms with E-state index in [1.807, 2.05) is 0 Å². The van der Waals surface area contributed by atoms with Crippen LogP contribution in [0.2, 0.25) is 0 Å². The van der Waals surface area contributed by atoms with Crippen molar-refractivity contribution < 1.29 is 29.6 Å². The van der Waals surface area contributed by atoms with Gasteiger partial charge in [-0.25, -0.2) is 0 Å². The van der Waals surface area contributed by atoms with E-state index in [1.165, 1.54) is 19.3 Å². The minimum absolute atomic E-state index is 0.0226. The molecule has 146 valence electrons. The quantitative estimate of drug-likeness (QED) is 0.265. The van der Waals surface area contributed by atoms with Crippen molar-refractivity contribution >= 4 is 5.97 Å². The molecule has 4 atom stereocenters. The summed E-state index contributed by atoms with van der Waals surface area (Å²) in [7, 11) is 0. The van der Waals surface area contributed by atoms with E-state index < -0.39 is 24.4 Å². The first kappa shape index (κ1) is 22.1. The molecule has 3 N–H and O–H groups in total. The van der Waals surface area contributed by atoms with Crippen LogP contribution >= 0.6 is 0 Å². The fraction of sp³-hybridized carbons (Fsp3) is 0.842. The van der Waals surface area contributed by atoms with Crippen LogP contribution < -0.4 is 0 Å². The lowest BCUT2D eigenvalue weighted by Gasteiger charge is -2.20. The number of unbranched alkanes of at least 4 members (excludes halogenated alkanes) is 6. The summed E-state index contributed by atoms with van der Waals surface area (Å²) in [6.07, 6.45) is 9.35. The highest BCUT2D eigenvalue weighted by Gasteiger charge is 2.39. The summed E-state index contributed by atoms with van der Waals surface area (Å²) in [4.78, 5) is 11.6. The van der Waals surface area contributed by atoms with E-state index in [0.29, 0.717) is 6.42 Å². The summed E-state index contributed by atoms with van der Waals surface area (Å²) in [5, 5.41) is 28.8. The van der Waals surface area contributed by atoms with Crippen molar-refractivity contribution in [1.29, 1.82) is 0 Å². The molecular weight excluding hydrogens is 324 g/mol. The summed E-state index contributed by atoms with van der Waals surface area (Å²) in [5.74, 6) is -0.352. The van der Waals surface area contributed by atoms with Gasteiger partial charge < -0.3 is 24.8 Å². The van der Waals surface area contributed by atoms with Crippen molar-refractivity contribution in [2.24, 2.45) is 0 Å². The van der Waals surface area contributed by atoms with Gasteiger partial charge in [-0.1, -0.05) is 44.8 Å². The second kappa shape index (κ2) is 13.3. The van der Waals surface area contributed by atoms with Crippen LogP contribution in [-0.2, 0) is 14.3 Å². The van der Waals surface area contributed by atoms with E-state index in [2.05, 4.69) is 19.1 Å². The molecule has 25 heavy (non-hydrogen) atoms. The molecule has 0 bridgehead atoms. The summed E-state index contributed by atoms with van der Waals surface area (Å²) >= 11 is 0. The van der Waals surface area contributed by atoms with Gasteiger partial charge in [0.15, 0.2) is 0 Å². The maximum atomic E-state index is 11.6. The normalized spacial score (nSPS) is 24.7. The molecule has 1 rings (SSSR count). The van der Waals surface area contributed by atoms with Gasteiger partial charge in [0.2, 0.25) is 0 Å². The number of carbonyl (C=O) groups excluding carboxylic acids is 1. The average Bonchev–Trinajstić information content (AvgIpc) is 2.93. The smallest absolute Gasteiger partial charge is 0.305 e. The van der Waals surface area contributed by atoms with Crippen molar-refractivity contribution in [2.75, 3.05) is 13.2 Å². The zero-order valence-electron chi connectivity index (χ0n) is 15.3. The Labute approximate surface area is 150 Å². The maximum absolute atomic E-state index is 11.6. The van der Waals surface area contributed by atoms with E-state index >= 15 is 0 Å². The molecule has 0 aromatic carbocycles. The second-order valence-corrected chi connectivity index (χ2v) is 6.67. The Morgan fingerprint density at radius 1 is 1.16 bits per heavy atom. The SMILES string of the molecule is CCC/C=C/CCCCCCCC(=O)OC[C@@H](O)[C@H]1OC[C@H](O)[C@H]1O. The monoisotopic (exact) mass is 358 g/mol. The number of carbonyl (C=O) groups is 1. The number of esters is 1. The maximum Gasteiger partial charge on any atom is 0.305 e. The van der Waals surface area contributed by atoms with Crippen LogP contribution in [0.5, 0.6) is 0 Å². The van der Waals surface area contributed by atoms with E-state index in [9.17, 15) is 20.1 Å². The molecule has 6 nitrogen and oxygen atoms in total. The first-order valence-electron chi connectivity index (χ1n) is 9.52. The van der Waals surface area contributed by atoms with E-state index in [1.54, 1.807) is 0 Å². The van der Waals surface area contributed by atoms with Gasteiger partial charge in [-0.05, 0) is 25.7 Å². The molecule has 1 aliphatic heterocycles. The summed E-state index contributed by atoms with van der Waals surface area (Å²) in [5.41, 5.74) is 0. The van der Waals surface area contributed by atoms with Crippen molar-refractivity contribution in [3.63, 3.8) is 0 Å². The van der Waals surface area contributed by atoms with Gasteiger partial charge in [-0.3, -0.25) is 4.79 Å². The van der Waals surface area contributed by atoms with Gasteiger partial charge >= 0.3 is 5.97 Å². The van der Waals surface area contributed by atoms with Crippen molar-refractivity contribution in [1.82, 2.24) is 0 Å². The van der Waals surface area contributed by atoms with Gasteiger partial charge in [-0.15, -0.1) is 0 Å². The largest absolute Gasteiger partial charge is 0.463 e. The summed E-state index contributed by atoms with van der Waals surface area (Å²) in [6.45, 7) is 1.93. The standard InChI is InChI=1S/C19H34O6/c1-2-3-4-5-6-7-8-9-10-11-12-17(22)24-14-16(21)19-18(23)15(20)13-25-19/h4-5,15-16,18-21,23H,2-3,6-14H2,1H3/b5-4+/t15-,16+,18+,19+/m0/s1. The van der Waals surface area contributed by atoms with Gasteiger partial charge in [0.25, 0.3) is 0 Å². The minimum atomic E-state index is -1.15. The molecule has 1 heterocycles. The van der Waals surface area contributed by atoms with Crippen LogP contribution in [0.3, 0.4) is 0 Å². The fourth-order valence-corrected chi connectivity index (χ4v) is 2.77. The molecule has 0 aromatic heterocycles. The van der Waals surface area contributed by atoms with E-state index in [0.717, 1.165) is 32.1 Å². The topological polar surface area (TPSA) is 96.2 Å². The number of hydrogen-bond acceptors (Lipinski definition) is 6. The minimum Gasteiger partial charge on any atom is -0.463 e. The third-order valence-corrected chi connectivity index (χ3v) is 4.36. The number of rotatable bonds is 13. The van der Waals surface area contributed by atoms with Crippen LogP contribution in [0, 0.1) is 0 Å². The third-order valence-electron chi connectivity index (χ3n) is 4.36. The van der Waals surface area contributed by atoms with E-state index in [4.69, 9.17) is 9.47 Å². The average molecular weight is 358 g/mol. The highest BCUT2D eigenvalue weighted by atomic mass is 16.6. The Morgan fingerprint density at radius 2 is 1.84 bits per heavy atom. The number of allylic oxidation sites excluding steroid dienone is 2. The van der Waals surface area contributed by atoms with Crippen molar-refractivity contribution in [3.05, 3.63) is 12.2 Å². The molecule has 0 radical (unpaired) electrons. The Kier molecular flexibility index (Phi) is 11.7. The predicted octanol–water partition coefficient (Wildman–Crippen LogP) is 2.10. The van der Waals surface area contributed by atoms with Gasteiger partial charge in [-0.2, -0.15) is 0 Å². The number of ether oxygens (including phenoxy) is 2. The van der Waals surface area contributed by atoms with Crippen molar-refractivity contribution in [2.45, 2.75) is 89.1 Å². The predicted molar refractivity (Wildman–Crippen MR) is 95.1 cm³/mol. The lowest BCUT2D eigenvalue weighted by atomic mass is 10.1. The zero-order chi connectivity index (χ0) is 18.5. The first-order valence-corrected chi connectivity index (χ1v) is 9.52. The highest BCUT2D eigenvalue weighted by Crippen LogP contribution is 2.18. The summed E-state index contributed by atoms with van der Waals surface area (Å²) < 4.78 is 10.1. The van der Waals surface area contributed by atoms with Crippen LogP contribution in [0.25, 0.3) is 0 Å². The van der Waals surface area contributed by atoms with Crippen LogP contribution in [0.4, 0.5) is 0 Å². The molecular formula is C19H34O6. The molecule has 0 amide bonds. The van der Waals surface area contributed by atoms with Crippen LogP contribution in [-0.4, -0.2) is 58.9 Å². The second-order valence-electron chi connectivity index (χ2n) is 6.67. The molecule has 1 aliphatic rings. The molecule has 0 saturated carbocycles. The molecule has 0 unspecified atom stereocenters. The van der Waals surface area contributed by atoms with Crippen LogP contribution in [0.1, 0.15) is 64.7 Å². The Hall–Kier alpha value is -0.950. The van der Waals surface area contributed by atoms with Gasteiger partial charge in [0.1, 0.15) is 31.0 Å². The Balaban J connectivity index is 1.97. The fourth-order valence-electron chi connectivity index (χ4n) is 2.77. The first-order chi connectivity index (χ1) is 12.1. The number of aliphatic hydroxyl groups is 3. The lowest BCUT2D eigenvalue weighted by Crippen LogP contribution is -2.41.